The lowest BCUT2D eigenvalue weighted by atomic mass is 9.95. The summed E-state index contributed by atoms with van der Waals surface area (Å²) in [6.45, 7) is 3.25. The molecule has 8 nitrogen and oxygen atoms in total. The van der Waals surface area contributed by atoms with E-state index in [1.165, 1.54) is 6.07 Å². The smallest absolute Gasteiger partial charge is 0.319 e. The van der Waals surface area contributed by atoms with Crippen LogP contribution in [0.4, 0.5) is 14.6 Å². The first-order valence-corrected chi connectivity index (χ1v) is 14.6. The second-order valence-corrected chi connectivity index (χ2v) is 12.0. The summed E-state index contributed by atoms with van der Waals surface area (Å²) in [5, 5.41) is 15.3. The van der Waals surface area contributed by atoms with Gasteiger partial charge in [-0.05, 0) is 56.5 Å². The number of hydrogen-bond acceptors (Lipinski definition) is 8. The van der Waals surface area contributed by atoms with Crippen LogP contribution in [0.2, 0.25) is 0 Å². The van der Waals surface area contributed by atoms with Crippen LogP contribution in [0.3, 0.4) is 0 Å². The number of alkyl halides is 1. The van der Waals surface area contributed by atoms with Crippen molar-refractivity contribution in [3.8, 4) is 22.9 Å². The highest BCUT2D eigenvalue weighted by atomic mass is 19.1. The van der Waals surface area contributed by atoms with Crippen LogP contribution in [-0.2, 0) is 0 Å². The number of aromatic hydroxyl groups is 1. The van der Waals surface area contributed by atoms with E-state index >= 15 is 4.39 Å². The van der Waals surface area contributed by atoms with Gasteiger partial charge in [0, 0.05) is 66.2 Å². The Labute approximate surface area is 236 Å². The molecule has 212 valence electrons. The summed E-state index contributed by atoms with van der Waals surface area (Å²) < 4.78 is 37.3. The molecule has 4 saturated heterocycles. The molecular weight excluding hydrogens is 526 g/mol. The molecule has 2 unspecified atom stereocenters. The average molecular weight is 559 g/mol. The number of phenols is 1. The molecule has 2 N–H and O–H groups in total. The van der Waals surface area contributed by atoms with Gasteiger partial charge in [-0.2, -0.15) is 9.97 Å². The summed E-state index contributed by atoms with van der Waals surface area (Å²) >= 11 is 0. The third kappa shape index (κ3) is 4.02. The van der Waals surface area contributed by atoms with Gasteiger partial charge in [0.15, 0.2) is 5.82 Å². The van der Waals surface area contributed by atoms with Crippen molar-refractivity contribution >= 4 is 27.6 Å². The Morgan fingerprint density at radius 3 is 2.78 bits per heavy atom. The maximum atomic E-state index is 16.6. The van der Waals surface area contributed by atoms with Crippen molar-refractivity contribution in [2.45, 2.75) is 55.9 Å². The highest BCUT2D eigenvalue weighted by Gasteiger charge is 2.49. The van der Waals surface area contributed by atoms with Crippen LogP contribution in [0.5, 0.6) is 11.8 Å². The van der Waals surface area contributed by atoms with Gasteiger partial charge in [-0.3, -0.25) is 9.88 Å². The van der Waals surface area contributed by atoms with E-state index < -0.39 is 12.0 Å². The summed E-state index contributed by atoms with van der Waals surface area (Å²) in [5.74, 6) is 0.202. The zero-order chi connectivity index (χ0) is 27.7. The van der Waals surface area contributed by atoms with Gasteiger partial charge in [0.25, 0.3) is 0 Å². The summed E-state index contributed by atoms with van der Waals surface area (Å²) in [5.41, 5.74) is 1.19. The first-order chi connectivity index (χ1) is 20.0. The minimum Gasteiger partial charge on any atom is -0.508 e. The number of nitrogens with zero attached hydrogens (tertiary/aromatic N) is 5. The number of aromatic nitrogens is 3. The second-order valence-electron chi connectivity index (χ2n) is 12.0. The Morgan fingerprint density at radius 1 is 1.07 bits per heavy atom. The summed E-state index contributed by atoms with van der Waals surface area (Å²) in [6.07, 6.45) is 5.18. The fourth-order valence-electron chi connectivity index (χ4n) is 7.75. The van der Waals surface area contributed by atoms with Gasteiger partial charge in [0.05, 0.1) is 11.1 Å². The van der Waals surface area contributed by atoms with E-state index in [2.05, 4.69) is 25.1 Å². The van der Waals surface area contributed by atoms with Crippen LogP contribution in [0, 0.1) is 5.82 Å². The largest absolute Gasteiger partial charge is 0.508 e. The molecule has 0 amide bonds. The van der Waals surface area contributed by atoms with Crippen LogP contribution in [-0.4, -0.2) is 81.5 Å². The predicted octanol–water partition coefficient (Wildman–Crippen LogP) is 4.59. The fourth-order valence-corrected chi connectivity index (χ4v) is 7.75. The lowest BCUT2D eigenvalue weighted by Gasteiger charge is -2.37. The summed E-state index contributed by atoms with van der Waals surface area (Å²) in [7, 11) is 0. The van der Waals surface area contributed by atoms with Gasteiger partial charge >= 0.3 is 6.01 Å². The number of rotatable bonds is 5. The van der Waals surface area contributed by atoms with Crippen molar-refractivity contribution in [1.82, 2.24) is 25.2 Å². The molecule has 0 saturated carbocycles. The minimum atomic E-state index is -0.866. The number of halogens is 2. The van der Waals surface area contributed by atoms with Crippen LogP contribution >= 0.6 is 0 Å². The molecule has 4 aliphatic rings. The number of pyridine rings is 1. The minimum absolute atomic E-state index is 0.0351. The Morgan fingerprint density at radius 2 is 1.93 bits per heavy atom. The Kier molecular flexibility index (Phi) is 5.79. The first-order valence-electron chi connectivity index (χ1n) is 14.6. The standard InChI is InChI=1S/C31H32F2N6O2/c32-19-13-31(8-2-10-38(31)16-19)17-41-30-36-28-24(29(37-30)39-20-4-5-21(39)15-34-14-20)7-6-23(26(28)33)25-12-22(40)11-18-3-1-9-35-27(18)25/h1,3,6-7,9,11-12,19-21,34,40H,2,4-5,8,10,13-17H2/t19-,20?,21?,31+/m1/s1. The number of piperazine rings is 1. The van der Waals surface area contributed by atoms with Gasteiger partial charge < -0.3 is 20.1 Å². The lowest BCUT2D eigenvalue weighted by Crippen LogP contribution is -2.52. The van der Waals surface area contributed by atoms with Crippen molar-refractivity contribution in [2.75, 3.05) is 37.7 Å². The van der Waals surface area contributed by atoms with Crippen molar-refractivity contribution in [3.05, 3.63) is 48.4 Å². The average Bonchev–Trinajstić information content (AvgIpc) is 3.58. The predicted molar refractivity (Wildman–Crippen MR) is 153 cm³/mol. The number of fused-ring (bicyclic) bond motifs is 5. The van der Waals surface area contributed by atoms with E-state index in [0.29, 0.717) is 40.8 Å². The molecule has 2 aromatic heterocycles. The molecule has 0 radical (unpaired) electrons. The van der Waals surface area contributed by atoms with E-state index in [9.17, 15) is 9.50 Å². The molecule has 0 aliphatic carbocycles. The van der Waals surface area contributed by atoms with Crippen LogP contribution < -0.4 is 15.0 Å². The highest BCUT2D eigenvalue weighted by Crippen LogP contribution is 2.42. The monoisotopic (exact) mass is 558 g/mol. The van der Waals surface area contributed by atoms with Crippen molar-refractivity contribution in [3.63, 3.8) is 0 Å². The number of nitrogens with one attached hydrogen (secondary N) is 1. The summed E-state index contributed by atoms with van der Waals surface area (Å²) in [6, 6.07) is 11.0. The molecule has 4 aliphatic heterocycles. The van der Waals surface area contributed by atoms with Crippen LogP contribution in [0.15, 0.2) is 42.6 Å². The topological polar surface area (TPSA) is 86.6 Å². The molecule has 2 bridgehead atoms. The van der Waals surface area contributed by atoms with E-state index in [4.69, 9.17) is 9.72 Å². The molecular formula is C31H32F2N6O2. The normalized spacial score (nSPS) is 27.7. The second kappa shape index (κ2) is 9.46. The maximum Gasteiger partial charge on any atom is 0.319 e. The number of phenolic OH excluding ortho intramolecular Hbond substituents is 1. The van der Waals surface area contributed by atoms with Crippen molar-refractivity contribution in [2.24, 2.45) is 0 Å². The van der Waals surface area contributed by atoms with E-state index in [1.54, 1.807) is 24.4 Å². The SMILES string of the molecule is Oc1cc(-c2ccc3c(N4C5CCC4CNC5)nc(OC[C@@]45CCCN4C[C@H](F)C5)nc3c2F)c2ncccc2c1. The van der Waals surface area contributed by atoms with Gasteiger partial charge in [-0.25, -0.2) is 8.78 Å². The van der Waals surface area contributed by atoms with Gasteiger partial charge in [-0.1, -0.05) is 12.1 Å². The molecule has 2 aromatic carbocycles. The zero-order valence-corrected chi connectivity index (χ0v) is 22.7. The third-order valence-electron chi connectivity index (χ3n) is 9.60. The molecule has 6 heterocycles. The van der Waals surface area contributed by atoms with E-state index in [0.717, 1.165) is 50.7 Å². The highest BCUT2D eigenvalue weighted by molar-refractivity contribution is 5.99. The number of ether oxygens (including phenoxy) is 1. The van der Waals surface area contributed by atoms with Crippen molar-refractivity contribution in [1.29, 1.82) is 0 Å². The summed E-state index contributed by atoms with van der Waals surface area (Å²) in [4.78, 5) is 18.5. The van der Waals surface area contributed by atoms with Crippen molar-refractivity contribution < 1.29 is 18.6 Å². The van der Waals surface area contributed by atoms with E-state index in [-0.39, 0.29) is 41.5 Å². The van der Waals surface area contributed by atoms with Gasteiger partial charge in [-0.15, -0.1) is 0 Å². The zero-order valence-electron chi connectivity index (χ0n) is 22.7. The maximum absolute atomic E-state index is 16.6. The van der Waals surface area contributed by atoms with Crippen LogP contribution in [0.1, 0.15) is 32.1 Å². The fraction of sp³-hybridized carbons (Fsp3) is 0.452. The third-order valence-corrected chi connectivity index (χ3v) is 9.60. The Balaban J connectivity index is 1.26. The first kappa shape index (κ1) is 25.1. The molecule has 8 rings (SSSR count). The molecule has 0 spiro atoms. The quantitative estimate of drug-likeness (QED) is 0.368. The van der Waals surface area contributed by atoms with Crippen LogP contribution in [0.25, 0.3) is 32.9 Å². The molecule has 4 fully saturated rings. The van der Waals surface area contributed by atoms with Gasteiger partial charge in [0.2, 0.25) is 0 Å². The molecule has 10 heteroatoms. The number of hydrogen-bond donors (Lipinski definition) is 2. The Hall–Kier alpha value is -3.63. The van der Waals surface area contributed by atoms with Gasteiger partial charge in [0.1, 0.15) is 29.9 Å². The molecule has 41 heavy (non-hydrogen) atoms. The van der Waals surface area contributed by atoms with E-state index in [1.807, 2.05) is 12.1 Å². The molecule has 4 atom stereocenters. The molecule has 4 aromatic rings. The lowest BCUT2D eigenvalue weighted by molar-refractivity contribution is 0.107. The number of benzene rings is 2. The number of anilines is 1. The Bertz CT molecular complexity index is 1650.